The standard InChI is InChI=1S/C34H46N2O6/c1-21(2)29-17-27(19-33(5,6)35(29)39)41-31(37)25-13-9-23(10-14-25)24-11-15-26(16-12-24)32(38)42-28-18-30(22(3)4)36(40)34(7,8)20-28/h9-16,21-22,27-30H,17-20H2,1-8H3. The highest BCUT2D eigenvalue weighted by molar-refractivity contribution is 5.91. The Kier molecular flexibility index (Phi) is 9.53. The number of piperidine rings is 2. The van der Waals surface area contributed by atoms with E-state index in [9.17, 15) is 20.0 Å². The number of hydroxylamine groups is 4. The Morgan fingerprint density at radius 1 is 0.643 bits per heavy atom. The number of benzene rings is 2. The molecule has 228 valence electrons. The van der Waals surface area contributed by atoms with E-state index in [0.717, 1.165) is 11.1 Å². The van der Waals surface area contributed by atoms with Crippen molar-refractivity contribution in [1.29, 1.82) is 0 Å². The van der Waals surface area contributed by atoms with Crippen molar-refractivity contribution in [2.75, 3.05) is 0 Å². The fraction of sp³-hybridized carbons (Fsp3) is 0.588. The first-order valence-corrected chi connectivity index (χ1v) is 15.1. The number of ether oxygens (including phenoxy) is 2. The maximum atomic E-state index is 12.9. The third kappa shape index (κ3) is 7.05. The fourth-order valence-corrected chi connectivity index (χ4v) is 6.39. The highest BCUT2D eigenvalue weighted by Gasteiger charge is 2.45. The molecule has 2 saturated heterocycles. The minimum atomic E-state index is -0.595. The van der Waals surface area contributed by atoms with Crippen LogP contribution >= 0.6 is 0 Å². The van der Waals surface area contributed by atoms with Gasteiger partial charge in [-0.05, 0) is 74.9 Å². The molecule has 0 aromatic heterocycles. The zero-order valence-corrected chi connectivity index (χ0v) is 26.3. The van der Waals surface area contributed by atoms with E-state index < -0.39 is 23.0 Å². The average molecular weight is 579 g/mol. The monoisotopic (exact) mass is 578 g/mol. The molecule has 2 radical (unpaired) electrons. The van der Waals surface area contributed by atoms with Gasteiger partial charge in [-0.3, -0.25) is 0 Å². The maximum Gasteiger partial charge on any atom is 0.338 e. The van der Waals surface area contributed by atoms with E-state index in [2.05, 4.69) is 0 Å². The van der Waals surface area contributed by atoms with Crippen LogP contribution in [0, 0.1) is 11.8 Å². The van der Waals surface area contributed by atoms with E-state index in [1.54, 1.807) is 24.3 Å². The molecule has 42 heavy (non-hydrogen) atoms. The predicted octanol–water partition coefficient (Wildman–Crippen LogP) is 6.89. The maximum absolute atomic E-state index is 12.9. The number of rotatable bonds is 7. The summed E-state index contributed by atoms with van der Waals surface area (Å²) in [5.74, 6) is -0.463. The molecule has 2 heterocycles. The lowest BCUT2D eigenvalue weighted by atomic mass is 9.82. The van der Waals surface area contributed by atoms with E-state index in [1.807, 2.05) is 79.7 Å². The Labute approximate surface area is 250 Å². The van der Waals surface area contributed by atoms with Crippen LogP contribution < -0.4 is 0 Å². The van der Waals surface area contributed by atoms with E-state index in [0.29, 0.717) is 36.8 Å². The molecule has 0 bridgehead atoms. The number of hydrogen-bond donors (Lipinski definition) is 0. The minimum absolute atomic E-state index is 0.164. The van der Waals surface area contributed by atoms with Crippen molar-refractivity contribution >= 4 is 11.9 Å². The Morgan fingerprint density at radius 2 is 0.952 bits per heavy atom. The van der Waals surface area contributed by atoms with Gasteiger partial charge in [0.15, 0.2) is 0 Å². The van der Waals surface area contributed by atoms with Gasteiger partial charge in [0.2, 0.25) is 0 Å². The smallest absolute Gasteiger partial charge is 0.338 e. The lowest BCUT2D eigenvalue weighted by Crippen LogP contribution is -2.56. The van der Waals surface area contributed by atoms with E-state index in [-0.39, 0.29) is 36.1 Å². The van der Waals surface area contributed by atoms with Crippen LogP contribution in [-0.4, -0.2) is 57.4 Å². The minimum Gasteiger partial charge on any atom is -0.459 e. The summed E-state index contributed by atoms with van der Waals surface area (Å²) in [6.45, 7) is 15.7. The summed E-state index contributed by atoms with van der Waals surface area (Å²) in [5.41, 5.74) is 1.51. The van der Waals surface area contributed by atoms with Crippen LogP contribution in [0.15, 0.2) is 48.5 Å². The van der Waals surface area contributed by atoms with Crippen molar-refractivity contribution in [2.45, 2.75) is 116 Å². The van der Waals surface area contributed by atoms with E-state index >= 15 is 0 Å². The Bertz CT molecular complexity index is 1140. The first-order valence-electron chi connectivity index (χ1n) is 15.1. The van der Waals surface area contributed by atoms with Crippen molar-refractivity contribution < 1.29 is 29.5 Å². The quantitative estimate of drug-likeness (QED) is 0.332. The lowest BCUT2D eigenvalue weighted by Gasteiger charge is -2.46. The number of carbonyl (C=O) groups is 2. The van der Waals surface area contributed by atoms with Crippen LogP contribution in [0.5, 0.6) is 0 Å². The SMILES string of the molecule is CC(C)C1CC(OC(=O)c2ccc(-c3ccc(C(=O)OC4CC(C(C)C)N([O])C(C)(C)C4)cc3)cc2)CC(C)(C)N1[O]. The van der Waals surface area contributed by atoms with Crippen LogP contribution in [0.4, 0.5) is 0 Å². The molecule has 0 aliphatic carbocycles. The molecule has 8 heteroatoms. The summed E-state index contributed by atoms with van der Waals surface area (Å²) in [7, 11) is 0. The highest BCUT2D eigenvalue weighted by atomic mass is 16.6. The summed E-state index contributed by atoms with van der Waals surface area (Å²) in [4.78, 5) is 25.9. The summed E-state index contributed by atoms with van der Waals surface area (Å²) < 4.78 is 11.7. The molecule has 4 atom stereocenters. The number of carbonyl (C=O) groups excluding carboxylic acids is 2. The van der Waals surface area contributed by atoms with Gasteiger partial charge >= 0.3 is 11.9 Å². The largest absolute Gasteiger partial charge is 0.459 e. The third-order valence-electron chi connectivity index (χ3n) is 8.92. The number of hydrogen-bond acceptors (Lipinski definition) is 6. The Balaban J connectivity index is 1.37. The molecule has 0 saturated carbocycles. The van der Waals surface area contributed by atoms with Crippen LogP contribution in [0.2, 0.25) is 0 Å². The molecule has 2 aliphatic rings. The fourth-order valence-electron chi connectivity index (χ4n) is 6.39. The molecule has 0 spiro atoms. The molecule has 8 nitrogen and oxygen atoms in total. The van der Waals surface area contributed by atoms with Gasteiger partial charge in [0.25, 0.3) is 0 Å². The molecule has 2 aliphatic heterocycles. The molecule has 2 aromatic carbocycles. The zero-order chi connectivity index (χ0) is 31.0. The Morgan fingerprint density at radius 3 is 1.24 bits per heavy atom. The van der Waals surface area contributed by atoms with Gasteiger partial charge in [-0.1, -0.05) is 52.0 Å². The molecule has 0 amide bonds. The number of esters is 2. The van der Waals surface area contributed by atoms with E-state index in [4.69, 9.17) is 9.47 Å². The van der Waals surface area contributed by atoms with Gasteiger partial charge in [0, 0.05) is 48.8 Å². The topological polar surface area (TPSA) is 98.9 Å². The van der Waals surface area contributed by atoms with Gasteiger partial charge < -0.3 is 9.47 Å². The summed E-state index contributed by atoms with van der Waals surface area (Å²) in [5, 5.41) is 27.8. The van der Waals surface area contributed by atoms with Crippen LogP contribution in [0.25, 0.3) is 11.1 Å². The van der Waals surface area contributed by atoms with Crippen LogP contribution in [0.1, 0.15) is 102 Å². The van der Waals surface area contributed by atoms with Crippen LogP contribution in [-0.2, 0) is 19.9 Å². The van der Waals surface area contributed by atoms with Gasteiger partial charge in [-0.15, -0.1) is 20.5 Å². The molecule has 4 rings (SSSR count). The molecule has 4 unspecified atom stereocenters. The second-order valence-electron chi connectivity index (χ2n) is 14.0. The van der Waals surface area contributed by atoms with Gasteiger partial charge in [0.1, 0.15) is 12.2 Å². The lowest BCUT2D eigenvalue weighted by molar-refractivity contribution is -0.278. The predicted molar refractivity (Wildman–Crippen MR) is 159 cm³/mol. The summed E-state index contributed by atoms with van der Waals surface area (Å²) in [6.07, 6.45) is 1.41. The van der Waals surface area contributed by atoms with E-state index in [1.165, 1.54) is 10.1 Å². The van der Waals surface area contributed by atoms with Crippen molar-refractivity contribution in [2.24, 2.45) is 11.8 Å². The molecule has 2 aromatic rings. The normalized spacial score (nSPS) is 26.3. The first-order chi connectivity index (χ1) is 19.6. The number of nitrogens with zero attached hydrogens (tertiary/aromatic N) is 2. The molecule has 2 fully saturated rings. The molecular weight excluding hydrogens is 532 g/mol. The summed E-state index contributed by atoms with van der Waals surface area (Å²) >= 11 is 0. The second-order valence-corrected chi connectivity index (χ2v) is 14.0. The molecular formula is C34H46N2O6. The summed E-state index contributed by atoms with van der Waals surface area (Å²) in [6, 6.07) is 14.0. The van der Waals surface area contributed by atoms with Crippen molar-refractivity contribution in [3.63, 3.8) is 0 Å². The van der Waals surface area contributed by atoms with Crippen molar-refractivity contribution in [3.05, 3.63) is 59.7 Å². The Hall–Kier alpha value is -2.78. The highest BCUT2D eigenvalue weighted by Crippen LogP contribution is 2.37. The first kappa shape index (κ1) is 32.1. The molecule has 0 N–H and O–H groups in total. The van der Waals surface area contributed by atoms with Gasteiger partial charge in [0.05, 0.1) is 11.1 Å². The third-order valence-corrected chi connectivity index (χ3v) is 8.92. The zero-order valence-electron chi connectivity index (χ0n) is 26.3. The van der Waals surface area contributed by atoms with Gasteiger partial charge in [-0.25, -0.2) is 9.59 Å². The van der Waals surface area contributed by atoms with Crippen molar-refractivity contribution in [1.82, 2.24) is 10.1 Å². The van der Waals surface area contributed by atoms with Gasteiger partial charge in [-0.2, -0.15) is 0 Å². The van der Waals surface area contributed by atoms with Crippen molar-refractivity contribution in [3.8, 4) is 11.1 Å². The average Bonchev–Trinajstić information content (AvgIpc) is 2.92. The second kappa shape index (κ2) is 12.4. The van der Waals surface area contributed by atoms with Crippen LogP contribution in [0.3, 0.4) is 0 Å².